The van der Waals surface area contributed by atoms with E-state index in [2.05, 4.69) is 4.98 Å². The van der Waals surface area contributed by atoms with E-state index in [4.69, 9.17) is 9.15 Å². The summed E-state index contributed by atoms with van der Waals surface area (Å²) in [5, 5.41) is 13.3. The largest absolute Gasteiger partial charge is 0.493 e. The summed E-state index contributed by atoms with van der Waals surface area (Å²) in [4.78, 5) is 28.0. The van der Waals surface area contributed by atoms with E-state index < -0.39 is 10.5 Å². The average molecular weight is 343 g/mol. The van der Waals surface area contributed by atoms with Crippen molar-refractivity contribution < 1.29 is 14.1 Å². The number of non-ortho nitro benzene ring substituents is 1. The number of imidazole rings is 1. The Labute approximate surface area is 137 Å². The highest BCUT2D eigenvalue weighted by Crippen LogP contribution is 2.32. The Morgan fingerprint density at radius 3 is 2.92 bits per heavy atom. The molecule has 0 atom stereocenters. The lowest BCUT2D eigenvalue weighted by molar-refractivity contribution is -0.384. The van der Waals surface area contributed by atoms with E-state index in [9.17, 15) is 14.9 Å². The number of aromatic nitrogens is 2. The second-order valence-electron chi connectivity index (χ2n) is 4.99. The van der Waals surface area contributed by atoms with Crippen molar-refractivity contribution in [1.29, 1.82) is 0 Å². The Morgan fingerprint density at radius 2 is 2.21 bits per heavy atom. The topological polar surface area (TPSA) is 99.9 Å². The molecule has 4 aromatic rings. The van der Waals surface area contributed by atoms with Gasteiger partial charge in [-0.05, 0) is 6.07 Å². The molecule has 0 aliphatic carbocycles. The van der Waals surface area contributed by atoms with Crippen LogP contribution in [-0.2, 0) is 0 Å². The van der Waals surface area contributed by atoms with E-state index in [-0.39, 0.29) is 22.6 Å². The van der Waals surface area contributed by atoms with Gasteiger partial charge in [-0.25, -0.2) is 9.78 Å². The van der Waals surface area contributed by atoms with Crippen molar-refractivity contribution in [3.05, 3.63) is 56.5 Å². The summed E-state index contributed by atoms with van der Waals surface area (Å²) in [6.45, 7) is 0. The first-order valence-corrected chi connectivity index (χ1v) is 7.67. The van der Waals surface area contributed by atoms with Gasteiger partial charge in [0.2, 0.25) is 0 Å². The summed E-state index contributed by atoms with van der Waals surface area (Å²) in [5.74, 6) is 0.133. The predicted octanol–water partition coefficient (Wildman–Crippen LogP) is 3.09. The average Bonchev–Trinajstić information content (AvgIpc) is 3.14. The summed E-state index contributed by atoms with van der Waals surface area (Å²) in [7, 11) is 1.36. The number of hydrogen-bond donors (Lipinski definition) is 0. The van der Waals surface area contributed by atoms with Gasteiger partial charge >= 0.3 is 5.63 Å². The molecule has 8 nitrogen and oxygen atoms in total. The summed E-state index contributed by atoms with van der Waals surface area (Å²) in [6.07, 6.45) is 3.53. The quantitative estimate of drug-likeness (QED) is 0.322. The number of ether oxygens (including phenoxy) is 1. The van der Waals surface area contributed by atoms with Crippen molar-refractivity contribution >= 4 is 33.0 Å². The van der Waals surface area contributed by atoms with Gasteiger partial charge in [-0.3, -0.25) is 14.5 Å². The number of rotatable bonds is 3. The van der Waals surface area contributed by atoms with Gasteiger partial charge in [-0.15, -0.1) is 11.3 Å². The molecule has 0 unspecified atom stereocenters. The number of thiazole rings is 1. The molecule has 0 aliphatic heterocycles. The van der Waals surface area contributed by atoms with Crippen LogP contribution in [-0.4, -0.2) is 21.4 Å². The van der Waals surface area contributed by atoms with Crippen molar-refractivity contribution in [3.8, 4) is 17.0 Å². The van der Waals surface area contributed by atoms with E-state index in [1.807, 2.05) is 11.6 Å². The summed E-state index contributed by atoms with van der Waals surface area (Å²) in [5.41, 5.74) is 0.118. The molecule has 3 heterocycles. The molecule has 0 amide bonds. The second-order valence-corrected chi connectivity index (χ2v) is 5.86. The molecule has 0 fully saturated rings. The Balaban J connectivity index is 2.00. The van der Waals surface area contributed by atoms with Crippen LogP contribution in [0, 0.1) is 10.1 Å². The van der Waals surface area contributed by atoms with Crippen molar-refractivity contribution in [1.82, 2.24) is 9.38 Å². The van der Waals surface area contributed by atoms with Crippen LogP contribution in [0.4, 0.5) is 5.69 Å². The van der Waals surface area contributed by atoms with Crippen LogP contribution in [0.2, 0.25) is 0 Å². The minimum Gasteiger partial charge on any atom is -0.493 e. The molecule has 0 saturated heterocycles. The molecule has 4 rings (SSSR count). The molecule has 0 saturated carbocycles. The molecule has 3 aromatic heterocycles. The van der Waals surface area contributed by atoms with Crippen LogP contribution < -0.4 is 10.4 Å². The van der Waals surface area contributed by atoms with Crippen LogP contribution in [0.5, 0.6) is 5.75 Å². The van der Waals surface area contributed by atoms with Gasteiger partial charge < -0.3 is 9.15 Å². The van der Waals surface area contributed by atoms with E-state index in [0.717, 1.165) is 4.96 Å². The molecule has 0 bridgehead atoms. The van der Waals surface area contributed by atoms with Crippen LogP contribution in [0.1, 0.15) is 0 Å². The second kappa shape index (κ2) is 5.17. The summed E-state index contributed by atoms with van der Waals surface area (Å²) in [6, 6.07) is 4.09. The third-order valence-electron chi connectivity index (χ3n) is 3.58. The van der Waals surface area contributed by atoms with E-state index in [0.29, 0.717) is 11.1 Å². The van der Waals surface area contributed by atoms with Gasteiger partial charge in [-0.1, -0.05) is 0 Å². The lowest BCUT2D eigenvalue weighted by Crippen LogP contribution is -2.04. The zero-order chi connectivity index (χ0) is 16.8. The van der Waals surface area contributed by atoms with Gasteiger partial charge in [0.15, 0.2) is 16.3 Å². The third-order valence-corrected chi connectivity index (χ3v) is 4.35. The third kappa shape index (κ3) is 2.14. The van der Waals surface area contributed by atoms with Crippen LogP contribution in [0.25, 0.3) is 27.2 Å². The zero-order valence-electron chi connectivity index (χ0n) is 12.3. The monoisotopic (exact) mass is 343 g/mol. The Bertz CT molecular complexity index is 1130. The number of nitrogens with zero attached hydrogens (tertiary/aromatic N) is 3. The fraction of sp³-hybridized carbons (Fsp3) is 0.0667. The smallest absolute Gasteiger partial charge is 0.345 e. The minimum atomic E-state index is -0.583. The first-order valence-electron chi connectivity index (χ1n) is 6.79. The number of nitro groups is 1. The highest BCUT2D eigenvalue weighted by atomic mass is 32.1. The first kappa shape index (κ1) is 14.4. The predicted molar refractivity (Wildman–Crippen MR) is 87.8 cm³/mol. The van der Waals surface area contributed by atoms with Gasteiger partial charge in [0.25, 0.3) is 5.69 Å². The lowest BCUT2D eigenvalue weighted by atomic mass is 10.1. The fourth-order valence-corrected chi connectivity index (χ4v) is 3.18. The van der Waals surface area contributed by atoms with Gasteiger partial charge in [0.1, 0.15) is 0 Å². The zero-order valence-corrected chi connectivity index (χ0v) is 13.1. The maximum atomic E-state index is 12.3. The molecule has 0 aliphatic rings. The van der Waals surface area contributed by atoms with Crippen molar-refractivity contribution in [2.45, 2.75) is 0 Å². The number of methoxy groups -OCH3 is 1. The molecule has 9 heteroatoms. The molecule has 120 valence electrons. The van der Waals surface area contributed by atoms with Gasteiger partial charge in [0, 0.05) is 29.2 Å². The van der Waals surface area contributed by atoms with Crippen LogP contribution in [0.3, 0.4) is 0 Å². The molecule has 0 radical (unpaired) electrons. The standard InChI is InChI=1S/C15H9N3O5S/c1-22-12-6-9(18(20)21)4-8-5-10(14(19)23-13(8)12)11-7-17-2-3-24-15(17)16-11/h2-7H,1H3. The minimum absolute atomic E-state index is 0.133. The molecular weight excluding hydrogens is 334 g/mol. The summed E-state index contributed by atoms with van der Waals surface area (Å²) < 4.78 is 12.2. The number of hydrogen-bond acceptors (Lipinski definition) is 7. The van der Waals surface area contributed by atoms with E-state index in [1.54, 1.807) is 10.6 Å². The highest BCUT2D eigenvalue weighted by Gasteiger charge is 2.18. The van der Waals surface area contributed by atoms with Gasteiger partial charge in [-0.2, -0.15) is 0 Å². The van der Waals surface area contributed by atoms with Gasteiger partial charge in [0.05, 0.1) is 29.4 Å². The lowest BCUT2D eigenvalue weighted by Gasteiger charge is -2.05. The molecule has 0 N–H and O–H groups in total. The highest BCUT2D eigenvalue weighted by molar-refractivity contribution is 7.15. The Hall–Kier alpha value is -3.20. The van der Waals surface area contributed by atoms with Crippen molar-refractivity contribution in [2.75, 3.05) is 7.11 Å². The van der Waals surface area contributed by atoms with E-state index in [1.165, 1.54) is 36.6 Å². The molecule has 0 spiro atoms. The van der Waals surface area contributed by atoms with Crippen LogP contribution >= 0.6 is 11.3 Å². The van der Waals surface area contributed by atoms with Crippen LogP contribution in [0.15, 0.2) is 45.2 Å². The molecular formula is C15H9N3O5S. The molecule has 1 aromatic carbocycles. The Morgan fingerprint density at radius 1 is 1.38 bits per heavy atom. The Kier molecular flexibility index (Phi) is 3.10. The normalized spacial score (nSPS) is 11.2. The maximum Gasteiger partial charge on any atom is 0.345 e. The molecule has 24 heavy (non-hydrogen) atoms. The number of fused-ring (bicyclic) bond motifs is 2. The SMILES string of the molecule is COc1cc([N+](=O)[O-])cc2cc(-c3cn4ccsc4n3)c(=O)oc12. The fourth-order valence-electron chi connectivity index (χ4n) is 2.48. The summed E-state index contributed by atoms with van der Waals surface area (Å²) >= 11 is 1.43. The van der Waals surface area contributed by atoms with Crippen molar-refractivity contribution in [2.24, 2.45) is 0 Å². The number of benzene rings is 1. The first-order chi connectivity index (χ1) is 11.6. The number of nitro benzene ring substituents is 1. The maximum absolute atomic E-state index is 12.3. The van der Waals surface area contributed by atoms with E-state index >= 15 is 0 Å². The van der Waals surface area contributed by atoms with Crippen molar-refractivity contribution in [3.63, 3.8) is 0 Å².